The van der Waals surface area contributed by atoms with Gasteiger partial charge in [-0.25, -0.2) is 0 Å². The molecule has 10 heteroatoms. The summed E-state index contributed by atoms with van der Waals surface area (Å²) in [6.45, 7) is 0. The summed E-state index contributed by atoms with van der Waals surface area (Å²) in [6.07, 6.45) is 0. The van der Waals surface area contributed by atoms with E-state index in [-0.39, 0.29) is 24.8 Å². The van der Waals surface area contributed by atoms with Crippen LogP contribution in [-0.2, 0) is 0 Å². The molecule has 0 N–H and O–H groups in total. The van der Waals surface area contributed by atoms with Crippen LogP contribution in [0.15, 0.2) is 0 Å². The van der Waals surface area contributed by atoms with E-state index in [0.29, 0.717) is 0 Å². The molecule has 0 radical (unpaired) electrons. The molecule has 0 unspecified atom stereocenters. The molecule has 0 atom stereocenters. The number of halogens is 8. The van der Waals surface area contributed by atoms with Crippen molar-refractivity contribution in [2.75, 3.05) is 0 Å². The molecule has 10 heavy (non-hydrogen) atoms. The molecule has 0 aromatic heterocycles. The smallest absolute Gasteiger partial charge is 1.00 e. The fourth-order valence-corrected chi connectivity index (χ4v) is 0. The molecule has 0 amide bonds. The van der Waals surface area contributed by atoms with E-state index < -0.39 is 32.4 Å². The maximum absolute atomic E-state index is 4.98. The van der Waals surface area contributed by atoms with Crippen LogP contribution in [0.2, 0.25) is 0 Å². The van der Waals surface area contributed by atoms with E-state index in [4.69, 9.17) is 53.8 Å². The first kappa shape index (κ1) is 23.6. The summed E-state index contributed by atoms with van der Waals surface area (Å²) < 4.78 is 0. The average molecular weight is 539 g/mol. The Morgan fingerprint density at radius 2 is 0.500 bits per heavy atom. The maximum atomic E-state index is 4.98. The topological polar surface area (TPSA) is 0 Å². The summed E-state index contributed by atoms with van der Waals surface area (Å²) in [7, 11) is 29.9. The van der Waals surface area contributed by atoms with Gasteiger partial charge in [0.05, 0.1) is 0 Å². The first-order valence-electron chi connectivity index (χ1n) is 0.926. The maximum Gasteiger partial charge on any atom is -1.00 e. The van der Waals surface area contributed by atoms with E-state index in [1.807, 2.05) is 0 Å². The minimum atomic E-state index is -1.94. The van der Waals surface area contributed by atoms with Gasteiger partial charge in [-0.2, -0.15) is 0 Å². The molecule has 0 aromatic rings. The van der Waals surface area contributed by atoms with Crippen LogP contribution in [0.1, 0.15) is 0 Å². The molecule has 0 aliphatic rings. The Bertz CT molecular complexity index is 22.7. The minimum Gasteiger partial charge on any atom is -1.00 e. The largest absolute Gasteiger partial charge is 1.00 e. The van der Waals surface area contributed by atoms with E-state index in [2.05, 4.69) is 0 Å². The second-order valence-corrected chi connectivity index (χ2v) is 21.1. The first-order chi connectivity index (χ1) is 3.46. The van der Waals surface area contributed by atoms with Crippen molar-refractivity contribution in [3.8, 4) is 0 Å². The van der Waals surface area contributed by atoms with E-state index in [9.17, 15) is 0 Å². The monoisotopic (exact) mass is 540 g/mol. The summed E-state index contributed by atoms with van der Waals surface area (Å²) >= 11 is -3.88. The molecule has 0 saturated heterocycles. The molecule has 0 aliphatic heterocycles. The van der Waals surface area contributed by atoms with E-state index in [1.54, 1.807) is 0 Å². The third kappa shape index (κ3) is 93.0. The minimum absolute atomic E-state index is 0. The number of hydrogen-bond donors (Lipinski definition) is 0. The van der Waals surface area contributed by atoms with E-state index in [0.717, 1.165) is 0 Å². The Kier molecular flexibility index (Phi) is 44.0. The molecule has 0 rings (SSSR count). The van der Waals surface area contributed by atoms with Gasteiger partial charge < -0.3 is 24.8 Å². The molecule has 0 aromatic carbocycles. The SMILES string of the molecule is Cl[Te+](Cl)Cl.Cl[Te+](Cl)Cl.[Cl-].[Cl-]. The molecule has 68 valence electrons. The molecular formula is Cl8Te2. The molecule has 0 bridgehead atoms. The van der Waals surface area contributed by atoms with Crippen molar-refractivity contribution in [2.24, 2.45) is 0 Å². The average Bonchev–Trinajstić information content (AvgIpc) is 1.25. The van der Waals surface area contributed by atoms with Gasteiger partial charge >= 0.3 is 86.2 Å². The summed E-state index contributed by atoms with van der Waals surface area (Å²) in [5.74, 6) is 0. The van der Waals surface area contributed by atoms with Crippen LogP contribution in [-0.4, -0.2) is 32.4 Å². The van der Waals surface area contributed by atoms with Gasteiger partial charge in [0, 0.05) is 0 Å². The van der Waals surface area contributed by atoms with Gasteiger partial charge in [-0.1, -0.05) is 0 Å². The van der Waals surface area contributed by atoms with Crippen molar-refractivity contribution in [3.05, 3.63) is 0 Å². The number of rotatable bonds is 0. The van der Waals surface area contributed by atoms with Crippen LogP contribution in [0, 0.1) is 0 Å². The first-order valence-corrected chi connectivity index (χ1v) is 18.6. The predicted molar refractivity (Wildman–Crippen MR) is 46.6 cm³/mol. The quantitative estimate of drug-likeness (QED) is 0.297. The van der Waals surface area contributed by atoms with Gasteiger partial charge in [0.25, 0.3) is 0 Å². The van der Waals surface area contributed by atoms with Crippen molar-refractivity contribution < 1.29 is 24.8 Å². The van der Waals surface area contributed by atoms with Gasteiger partial charge in [0.1, 0.15) is 0 Å². The number of hydrogen-bond acceptors (Lipinski definition) is 0. The van der Waals surface area contributed by atoms with Gasteiger partial charge in [0.2, 0.25) is 0 Å². The fraction of sp³-hybridized carbons (Fsp3) is 0. The zero-order chi connectivity index (χ0) is 7.15. The van der Waals surface area contributed by atoms with E-state index in [1.165, 1.54) is 0 Å². The Hall–Kier alpha value is 3.90. The van der Waals surface area contributed by atoms with Crippen LogP contribution >= 0.6 is 53.8 Å². The molecule has 0 saturated carbocycles. The molecule has 0 spiro atoms. The van der Waals surface area contributed by atoms with Crippen LogP contribution in [0.25, 0.3) is 0 Å². The zero-order valence-electron chi connectivity index (χ0n) is 3.84. The van der Waals surface area contributed by atoms with Crippen molar-refractivity contribution >= 4 is 86.2 Å². The molecule has 0 aliphatic carbocycles. The standard InChI is InChI=1S/2Cl3Te.2ClH/c2*1-4(2)3;;/h;;2*1H/q2*+1;;/p-2. The summed E-state index contributed by atoms with van der Waals surface area (Å²) in [4.78, 5) is 0. The Morgan fingerprint density at radius 3 is 0.500 bits per heavy atom. The van der Waals surface area contributed by atoms with Crippen LogP contribution in [0.5, 0.6) is 0 Å². The van der Waals surface area contributed by atoms with Crippen molar-refractivity contribution in [2.45, 2.75) is 0 Å². The molecule has 0 nitrogen and oxygen atoms in total. The van der Waals surface area contributed by atoms with Crippen molar-refractivity contribution in [1.29, 1.82) is 0 Å². The van der Waals surface area contributed by atoms with Crippen LogP contribution in [0.3, 0.4) is 0 Å². The molecular weight excluding hydrogens is 539 g/mol. The fourth-order valence-electron chi connectivity index (χ4n) is 0. The molecule has 0 fully saturated rings. The van der Waals surface area contributed by atoms with Crippen molar-refractivity contribution in [1.82, 2.24) is 0 Å². The normalized spacial score (nSPS) is 7.20. The van der Waals surface area contributed by atoms with Crippen molar-refractivity contribution in [3.63, 3.8) is 0 Å². The van der Waals surface area contributed by atoms with Gasteiger partial charge in [-0.3, -0.25) is 0 Å². The van der Waals surface area contributed by atoms with Gasteiger partial charge in [0.15, 0.2) is 0 Å². The van der Waals surface area contributed by atoms with E-state index >= 15 is 0 Å². The Balaban J connectivity index is -0.0000000300. The van der Waals surface area contributed by atoms with Gasteiger partial charge in [-0.15, -0.1) is 0 Å². The Labute approximate surface area is 109 Å². The summed E-state index contributed by atoms with van der Waals surface area (Å²) in [5.41, 5.74) is 0. The second kappa shape index (κ2) is 18.6. The zero-order valence-corrected chi connectivity index (χ0v) is 14.5. The van der Waals surface area contributed by atoms with Gasteiger partial charge in [-0.05, 0) is 0 Å². The van der Waals surface area contributed by atoms with Crippen LogP contribution in [0.4, 0.5) is 0 Å². The summed E-state index contributed by atoms with van der Waals surface area (Å²) in [6, 6.07) is 0. The third-order valence-electron chi connectivity index (χ3n) is 0. The van der Waals surface area contributed by atoms with Crippen LogP contribution < -0.4 is 24.8 Å². The predicted octanol–water partition coefficient (Wildman–Crippen LogP) is -2.62. The third-order valence-corrected chi connectivity index (χ3v) is 0. The molecule has 0 heterocycles. The Morgan fingerprint density at radius 1 is 0.500 bits per heavy atom. The summed E-state index contributed by atoms with van der Waals surface area (Å²) in [5, 5.41) is 0. The second-order valence-electron chi connectivity index (χ2n) is 0.350.